The van der Waals surface area contributed by atoms with Crippen LogP contribution in [0.1, 0.15) is 88.8 Å². The van der Waals surface area contributed by atoms with E-state index in [0.717, 1.165) is 44.9 Å². The lowest BCUT2D eigenvalue weighted by Crippen LogP contribution is -2.50. The Morgan fingerprint density at radius 3 is 2.54 bits per heavy atom. The van der Waals surface area contributed by atoms with Gasteiger partial charge in [-0.2, -0.15) is 0 Å². The van der Waals surface area contributed by atoms with E-state index in [1.54, 1.807) is 7.05 Å². The minimum Gasteiger partial charge on any atom is -0.347 e. The molecule has 0 radical (unpaired) electrons. The molecule has 1 heterocycles. The van der Waals surface area contributed by atoms with Crippen LogP contribution in [0.2, 0.25) is 0 Å². The van der Waals surface area contributed by atoms with Crippen molar-refractivity contribution >= 4 is 17.6 Å². The van der Waals surface area contributed by atoms with Crippen LogP contribution in [0.25, 0.3) is 0 Å². The van der Waals surface area contributed by atoms with E-state index in [9.17, 15) is 14.4 Å². The van der Waals surface area contributed by atoms with Crippen molar-refractivity contribution in [1.29, 1.82) is 0 Å². The molecule has 1 saturated heterocycles. The third-order valence-corrected chi connectivity index (χ3v) is 8.65. The van der Waals surface area contributed by atoms with Gasteiger partial charge >= 0.3 is 0 Å². The first-order valence-electron chi connectivity index (χ1n) is 13.8. The molecule has 1 aromatic rings. The fourth-order valence-corrected chi connectivity index (χ4v) is 6.47. The van der Waals surface area contributed by atoms with Gasteiger partial charge in [0.05, 0.1) is 12.1 Å². The lowest BCUT2D eigenvalue weighted by Gasteiger charge is -2.35. The van der Waals surface area contributed by atoms with E-state index in [0.29, 0.717) is 13.0 Å². The van der Waals surface area contributed by atoms with Crippen molar-refractivity contribution in [2.24, 2.45) is 17.8 Å². The van der Waals surface area contributed by atoms with Gasteiger partial charge in [-0.3, -0.25) is 14.4 Å². The maximum Gasteiger partial charge on any atom is 0.243 e. The Labute approximate surface area is 210 Å². The summed E-state index contributed by atoms with van der Waals surface area (Å²) in [4.78, 5) is 42.3. The lowest BCUT2D eigenvalue weighted by atomic mass is 9.76. The topological polar surface area (TPSA) is 78.5 Å². The molecule has 192 valence electrons. The van der Waals surface area contributed by atoms with Crippen molar-refractivity contribution in [2.75, 3.05) is 13.6 Å². The number of nitrogens with one attached hydrogen (secondary N) is 2. The summed E-state index contributed by atoms with van der Waals surface area (Å²) >= 11 is 0. The predicted octanol–water partition coefficient (Wildman–Crippen LogP) is 4.18. The second kappa shape index (κ2) is 11.7. The zero-order chi connectivity index (χ0) is 24.9. The van der Waals surface area contributed by atoms with Gasteiger partial charge in [-0.1, -0.05) is 50.5 Å². The van der Waals surface area contributed by atoms with Gasteiger partial charge < -0.3 is 15.5 Å². The van der Waals surface area contributed by atoms with Crippen LogP contribution in [-0.4, -0.2) is 48.2 Å². The highest BCUT2D eigenvalue weighted by atomic mass is 16.2. The number of aryl methyl sites for hydroxylation is 1. The molecule has 4 rings (SSSR count). The molecule has 6 nitrogen and oxygen atoms in total. The molecule has 0 spiro atoms. The van der Waals surface area contributed by atoms with Crippen LogP contribution in [0, 0.1) is 17.8 Å². The zero-order valence-corrected chi connectivity index (χ0v) is 21.7. The number of carbonyl (C=O) groups excluding carboxylic acids is 3. The molecule has 1 aromatic carbocycles. The SMILES string of the molecule is CN[C@@H](C)C(=O)C[C@H](C(=O)N1C[C@H](C)C[C@H]1C(=O)N[C@@H]1CCCc2ccccc21)C1CCCCC1. The summed E-state index contributed by atoms with van der Waals surface area (Å²) in [7, 11) is 1.78. The molecule has 6 heteroatoms. The summed E-state index contributed by atoms with van der Waals surface area (Å²) in [5.41, 5.74) is 2.52. The van der Waals surface area contributed by atoms with Crippen molar-refractivity contribution in [3.63, 3.8) is 0 Å². The first-order chi connectivity index (χ1) is 16.9. The maximum atomic E-state index is 14.0. The van der Waals surface area contributed by atoms with Gasteiger partial charge in [0.2, 0.25) is 11.8 Å². The molecule has 2 amide bonds. The second-order valence-corrected chi connectivity index (χ2v) is 11.2. The minimum atomic E-state index is -0.450. The summed E-state index contributed by atoms with van der Waals surface area (Å²) in [6, 6.07) is 7.66. The average molecular weight is 482 g/mol. The number of hydrogen-bond donors (Lipinski definition) is 2. The molecule has 5 atom stereocenters. The number of carbonyl (C=O) groups is 3. The molecule has 2 fully saturated rings. The molecule has 35 heavy (non-hydrogen) atoms. The molecule has 0 unspecified atom stereocenters. The standard InChI is InChI=1S/C29H43N3O3/c1-19-16-26(28(34)31-25-15-9-13-21-12-7-8-14-23(21)25)32(18-19)29(35)24(17-27(33)20(2)30-3)22-10-5-4-6-11-22/h7-8,12,14,19-20,22,24-26,30H,4-6,9-11,13,15-18H2,1-3H3,(H,31,34)/t19-,20+,24+,25-,26+/m1/s1. The van der Waals surface area contributed by atoms with Crippen LogP contribution in [0.5, 0.6) is 0 Å². The monoisotopic (exact) mass is 481 g/mol. The number of amides is 2. The van der Waals surface area contributed by atoms with E-state index in [2.05, 4.69) is 35.8 Å². The third kappa shape index (κ3) is 5.96. The number of ketones is 1. The third-order valence-electron chi connectivity index (χ3n) is 8.65. The summed E-state index contributed by atoms with van der Waals surface area (Å²) < 4.78 is 0. The maximum absolute atomic E-state index is 14.0. The average Bonchev–Trinajstić information content (AvgIpc) is 3.28. The zero-order valence-electron chi connectivity index (χ0n) is 21.7. The van der Waals surface area contributed by atoms with Crippen molar-refractivity contribution in [3.8, 4) is 0 Å². The van der Waals surface area contributed by atoms with Gasteiger partial charge in [-0.05, 0) is 75.5 Å². The normalized spacial score (nSPS) is 26.6. The van der Waals surface area contributed by atoms with E-state index >= 15 is 0 Å². The van der Waals surface area contributed by atoms with Crippen LogP contribution in [0.4, 0.5) is 0 Å². The van der Waals surface area contributed by atoms with Crippen LogP contribution in [-0.2, 0) is 20.8 Å². The Morgan fingerprint density at radius 2 is 1.80 bits per heavy atom. The van der Waals surface area contributed by atoms with Crippen LogP contribution < -0.4 is 10.6 Å². The van der Waals surface area contributed by atoms with Gasteiger partial charge in [0.15, 0.2) is 0 Å². The Morgan fingerprint density at radius 1 is 1.06 bits per heavy atom. The summed E-state index contributed by atoms with van der Waals surface area (Å²) in [6.45, 7) is 4.57. The van der Waals surface area contributed by atoms with Gasteiger partial charge in [0.1, 0.15) is 11.8 Å². The molecule has 3 aliphatic rings. The van der Waals surface area contributed by atoms with Crippen molar-refractivity contribution in [3.05, 3.63) is 35.4 Å². The number of hydrogen-bond acceptors (Lipinski definition) is 4. The quantitative estimate of drug-likeness (QED) is 0.584. The summed E-state index contributed by atoms with van der Waals surface area (Å²) in [5.74, 6) is 0.239. The lowest BCUT2D eigenvalue weighted by molar-refractivity contribution is -0.145. The molecular weight excluding hydrogens is 438 g/mol. The fourth-order valence-electron chi connectivity index (χ4n) is 6.47. The Hall–Kier alpha value is -2.21. The first kappa shape index (κ1) is 25.9. The van der Waals surface area contributed by atoms with Gasteiger partial charge in [-0.25, -0.2) is 0 Å². The number of likely N-dealkylation sites (tertiary alicyclic amines) is 1. The fraction of sp³-hybridized carbons (Fsp3) is 0.690. The van der Waals surface area contributed by atoms with E-state index in [-0.39, 0.29) is 53.9 Å². The Kier molecular flexibility index (Phi) is 8.64. The molecule has 2 N–H and O–H groups in total. The summed E-state index contributed by atoms with van der Waals surface area (Å²) in [6.07, 6.45) is 9.42. The highest BCUT2D eigenvalue weighted by Gasteiger charge is 2.43. The molecule has 1 saturated carbocycles. The highest BCUT2D eigenvalue weighted by molar-refractivity contribution is 5.93. The number of nitrogens with zero attached hydrogens (tertiary/aromatic N) is 1. The number of rotatable bonds is 8. The highest BCUT2D eigenvalue weighted by Crippen LogP contribution is 2.36. The number of likely N-dealkylation sites (N-methyl/N-ethyl adjacent to an activating group) is 1. The van der Waals surface area contributed by atoms with Crippen LogP contribution in [0.3, 0.4) is 0 Å². The largest absolute Gasteiger partial charge is 0.347 e. The van der Waals surface area contributed by atoms with E-state index in [1.165, 1.54) is 17.5 Å². The van der Waals surface area contributed by atoms with E-state index in [4.69, 9.17) is 0 Å². The van der Waals surface area contributed by atoms with Crippen LogP contribution in [0.15, 0.2) is 24.3 Å². The van der Waals surface area contributed by atoms with Crippen LogP contribution >= 0.6 is 0 Å². The predicted molar refractivity (Wildman–Crippen MR) is 138 cm³/mol. The number of Topliss-reactive ketones (excluding diaryl/α,β-unsaturated/α-hetero) is 1. The first-order valence-corrected chi connectivity index (χ1v) is 13.8. The Balaban J connectivity index is 1.51. The second-order valence-electron chi connectivity index (χ2n) is 11.2. The minimum absolute atomic E-state index is 0.00695. The molecule has 1 aliphatic heterocycles. The van der Waals surface area contributed by atoms with Crippen molar-refractivity contribution in [2.45, 2.75) is 96.2 Å². The molecular formula is C29H43N3O3. The molecule has 2 aliphatic carbocycles. The Bertz CT molecular complexity index is 910. The van der Waals surface area contributed by atoms with Crippen molar-refractivity contribution in [1.82, 2.24) is 15.5 Å². The van der Waals surface area contributed by atoms with Gasteiger partial charge in [-0.15, -0.1) is 0 Å². The van der Waals surface area contributed by atoms with Crippen molar-refractivity contribution < 1.29 is 14.4 Å². The molecule has 0 bridgehead atoms. The van der Waals surface area contributed by atoms with E-state index < -0.39 is 6.04 Å². The van der Waals surface area contributed by atoms with E-state index in [1.807, 2.05) is 17.9 Å². The number of benzene rings is 1. The molecule has 0 aromatic heterocycles. The number of fused-ring (bicyclic) bond motifs is 1. The van der Waals surface area contributed by atoms with Gasteiger partial charge in [0.25, 0.3) is 0 Å². The smallest absolute Gasteiger partial charge is 0.243 e. The van der Waals surface area contributed by atoms with Gasteiger partial charge in [0, 0.05) is 18.9 Å². The summed E-state index contributed by atoms with van der Waals surface area (Å²) in [5, 5.41) is 6.33.